The highest BCUT2D eigenvalue weighted by atomic mass is 32.2. The maximum absolute atomic E-state index is 12.4. The number of hydrazine groups is 1. The molecule has 2 amide bonds. The van der Waals surface area contributed by atoms with Crippen LogP contribution in [0.2, 0.25) is 0 Å². The molecule has 0 aliphatic rings. The summed E-state index contributed by atoms with van der Waals surface area (Å²) < 4.78 is 30.3. The predicted octanol–water partition coefficient (Wildman–Crippen LogP) is 3.17. The van der Waals surface area contributed by atoms with Crippen molar-refractivity contribution in [2.24, 2.45) is 0 Å². The van der Waals surface area contributed by atoms with Gasteiger partial charge in [0.25, 0.3) is 5.91 Å². The van der Waals surface area contributed by atoms with Gasteiger partial charge in [-0.05, 0) is 55.1 Å². The van der Waals surface area contributed by atoms with Crippen LogP contribution in [-0.4, -0.2) is 38.2 Å². The molecule has 33 heavy (non-hydrogen) atoms. The summed E-state index contributed by atoms with van der Waals surface area (Å²) in [4.78, 5) is 27.1. The molecular weight excluding hydrogens is 442 g/mol. The summed E-state index contributed by atoms with van der Waals surface area (Å²) in [7, 11) is -3.60. The third kappa shape index (κ3) is 6.53. The van der Waals surface area contributed by atoms with Gasteiger partial charge in [-0.3, -0.25) is 25.3 Å². The Morgan fingerprint density at radius 2 is 1.48 bits per heavy atom. The summed E-state index contributed by atoms with van der Waals surface area (Å²) in [5, 5.41) is 0. The molecule has 3 rings (SSSR count). The summed E-state index contributed by atoms with van der Waals surface area (Å²) in [6, 6.07) is 17.9. The highest BCUT2D eigenvalue weighted by molar-refractivity contribution is 7.90. The van der Waals surface area contributed by atoms with Gasteiger partial charge < -0.3 is 4.42 Å². The van der Waals surface area contributed by atoms with Crippen LogP contribution in [0.25, 0.3) is 0 Å². The lowest BCUT2D eigenvalue weighted by atomic mass is 10.1. The van der Waals surface area contributed by atoms with Gasteiger partial charge in [0.05, 0.1) is 4.90 Å². The lowest BCUT2D eigenvalue weighted by Crippen LogP contribution is -2.41. The maximum atomic E-state index is 12.4. The minimum atomic E-state index is -3.60. The third-order valence-corrected chi connectivity index (χ3v) is 6.78. The lowest BCUT2D eigenvalue weighted by molar-refractivity contribution is 0.0830. The van der Waals surface area contributed by atoms with Crippen LogP contribution in [0, 0.1) is 0 Å². The molecule has 174 valence electrons. The largest absolute Gasteiger partial charge is 0.455 e. The van der Waals surface area contributed by atoms with Crippen molar-refractivity contribution in [2.75, 3.05) is 13.1 Å². The number of nitrogens with zero attached hydrogens (tertiary/aromatic N) is 1. The molecule has 1 aromatic heterocycles. The summed E-state index contributed by atoms with van der Waals surface area (Å²) in [5.74, 6) is -1.53. The van der Waals surface area contributed by atoms with Crippen LogP contribution in [0.15, 0.2) is 76.0 Å². The molecule has 1 heterocycles. The zero-order chi connectivity index (χ0) is 23.8. The fourth-order valence-electron chi connectivity index (χ4n) is 3.19. The van der Waals surface area contributed by atoms with Gasteiger partial charge in [0, 0.05) is 12.1 Å². The van der Waals surface area contributed by atoms with E-state index in [0.29, 0.717) is 5.56 Å². The van der Waals surface area contributed by atoms with Gasteiger partial charge in [0.1, 0.15) is 11.5 Å². The molecule has 0 unspecified atom stereocenters. The molecule has 0 spiro atoms. The van der Waals surface area contributed by atoms with Crippen molar-refractivity contribution >= 4 is 21.7 Å². The molecule has 0 fully saturated rings. The Morgan fingerprint density at radius 3 is 2.12 bits per heavy atom. The van der Waals surface area contributed by atoms with Gasteiger partial charge in [-0.1, -0.05) is 44.2 Å². The molecule has 8 nitrogen and oxygen atoms in total. The number of furan rings is 1. The third-order valence-electron chi connectivity index (χ3n) is 5.13. The van der Waals surface area contributed by atoms with Crippen LogP contribution < -0.4 is 10.9 Å². The monoisotopic (exact) mass is 469 g/mol. The van der Waals surface area contributed by atoms with Crippen LogP contribution in [0.1, 0.15) is 46.1 Å². The number of amides is 2. The fraction of sp³-hybridized carbons (Fsp3) is 0.250. The smallest absolute Gasteiger partial charge is 0.305 e. The van der Waals surface area contributed by atoms with Gasteiger partial charge >= 0.3 is 5.91 Å². The second kappa shape index (κ2) is 10.9. The van der Waals surface area contributed by atoms with E-state index >= 15 is 0 Å². The molecule has 0 saturated carbocycles. The Balaban J connectivity index is 1.55. The van der Waals surface area contributed by atoms with E-state index in [4.69, 9.17) is 4.42 Å². The molecule has 0 aliphatic carbocycles. The first-order valence-electron chi connectivity index (χ1n) is 10.6. The maximum Gasteiger partial charge on any atom is 0.305 e. The van der Waals surface area contributed by atoms with E-state index in [0.717, 1.165) is 25.2 Å². The van der Waals surface area contributed by atoms with Crippen molar-refractivity contribution in [1.82, 2.24) is 15.8 Å². The Hall–Kier alpha value is -3.43. The summed E-state index contributed by atoms with van der Waals surface area (Å²) in [6.07, 6.45) is 0. The Bertz CT molecular complexity index is 1180. The SMILES string of the molecule is CCN(CC)Cc1ccc(C(=O)NNC(=O)c2ccc(CS(=O)(=O)c3ccccc3)o2)cc1. The van der Waals surface area contributed by atoms with E-state index < -0.39 is 21.7 Å². The van der Waals surface area contributed by atoms with Crippen LogP contribution in [-0.2, 0) is 22.1 Å². The molecule has 2 N–H and O–H groups in total. The standard InChI is InChI=1S/C24H27N3O5S/c1-3-27(4-2)16-18-10-12-19(13-11-18)23(28)25-26-24(29)22-15-14-20(32-22)17-33(30,31)21-8-6-5-7-9-21/h5-15H,3-4,16-17H2,1-2H3,(H,25,28)(H,26,29). The van der Waals surface area contributed by atoms with E-state index in [2.05, 4.69) is 29.6 Å². The van der Waals surface area contributed by atoms with Gasteiger partial charge in [-0.15, -0.1) is 0 Å². The van der Waals surface area contributed by atoms with Crippen LogP contribution >= 0.6 is 0 Å². The second-order valence-electron chi connectivity index (χ2n) is 7.40. The molecule has 0 aliphatic heterocycles. The first kappa shape index (κ1) is 24.2. The first-order chi connectivity index (χ1) is 15.8. The second-order valence-corrected chi connectivity index (χ2v) is 9.39. The summed E-state index contributed by atoms with van der Waals surface area (Å²) in [6.45, 7) is 6.87. The van der Waals surface area contributed by atoms with Crippen molar-refractivity contribution in [1.29, 1.82) is 0 Å². The minimum absolute atomic E-state index is 0.108. The number of carbonyl (C=O) groups is 2. The van der Waals surface area contributed by atoms with Crippen LogP contribution in [0.3, 0.4) is 0 Å². The highest BCUT2D eigenvalue weighted by Gasteiger charge is 2.19. The normalized spacial score (nSPS) is 11.4. The van der Waals surface area contributed by atoms with Crippen molar-refractivity contribution in [3.8, 4) is 0 Å². The van der Waals surface area contributed by atoms with Crippen molar-refractivity contribution in [3.05, 3.63) is 89.4 Å². The number of hydrogen-bond acceptors (Lipinski definition) is 6. The number of rotatable bonds is 9. The van der Waals surface area contributed by atoms with Gasteiger partial charge in [0.15, 0.2) is 15.6 Å². The van der Waals surface area contributed by atoms with Crippen LogP contribution in [0.4, 0.5) is 0 Å². The molecule has 3 aromatic rings. The topological polar surface area (TPSA) is 109 Å². The fourth-order valence-corrected chi connectivity index (χ4v) is 4.46. The molecule has 0 bridgehead atoms. The quantitative estimate of drug-likeness (QED) is 0.466. The molecule has 0 radical (unpaired) electrons. The molecule has 0 atom stereocenters. The Kier molecular flexibility index (Phi) is 8.02. The number of benzene rings is 2. The van der Waals surface area contributed by atoms with Crippen LogP contribution in [0.5, 0.6) is 0 Å². The number of nitrogens with one attached hydrogen (secondary N) is 2. The number of hydrogen-bond donors (Lipinski definition) is 2. The van der Waals surface area contributed by atoms with Gasteiger partial charge in [-0.25, -0.2) is 8.42 Å². The van der Waals surface area contributed by atoms with Crippen molar-refractivity contribution in [2.45, 2.75) is 31.0 Å². The van der Waals surface area contributed by atoms with E-state index in [1.807, 2.05) is 12.1 Å². The zero-order valence-corrected chi connectivity index (χ0v) is 19.4. The van der Waals surface area contributed by atoms with E-state index in [-0.39, 0.29) is 22.2 Å². The van der Waals surface area contributed by atoms with Crippen molar-refractivity contribution in [3.63, 3.8) is 0 Å². The Morgan fingerprint density at radius 1 is 0.848 bits per heavy atom. The first-order valence-corrected chi connectivity index (χ1v) is 12.3. The average molecular weight is 470 g/mol. The minimum Gasteiger partial charge on any atom is -0.455 e. The highest BCUT2D eigenvalue weighted by Crippen LogP contribution is 2.18. The summed E-state index contributed by atoms with van der Waals surface area (Å²) in [5.41, 5.74) is 6.10. The van der Waals surface area contributed by atoms with E-state index in [1.165, 1.54) is 24.3 Å². The van der Waals surface area contributed by atoms with Crippen molar-refractivity contribution < 1.29 is 22.4 Å². The predicted molar refractivity (Wildman–Crippen MR) is 124 cm³/mol. The molecule has 9 heteroatoms. The van der Waals surface area contributed by atoms with Gasteiger partial charge in [0.2, 0.25) is 0 Å². The average Bonchev–Trinajstić information content (AvgIpc) is 3.29. The Labute approximate surface area is 193 Å². The molecule has 2 aromatic carbocycles. The molecular formula is C24H27N3O5S. The van der Waals surface area contributed by atoms with E-state index in [1.54, 1.807) is 30.3 Å². The van der Waals surface area contributed by atoms with Gasteiger partial charge in [-0.2, -0.15) is 0 Å². The molecule has 0 saturated heterocycles. The van der Waals surface area contributed by atoms with E-state index in [9.17, 15) is 18.0 Å². The number of carbonyl (C=O) groups excluding carboxylic acids is 2. The number of sulfone groups is 1. The zero-order valence-electron chi connectivity index (χ0n) is 18.6. The lowest BCUT2D eigenvalue weighted by Gasteiger charge is -2.18. The summed E-state index contributed by atoms with van der Waals surface area (Å²) >= 11 is 0.